The summed E-state index contributed by atoms with van der Waals surface area (Å²) in [6, 6.07) is 41.6. The van der Waals surface area contributed by atoms with Crippen molar-refractivity contribution in [2.75, 3.05) is 38.9 Å². The molecule has 0 radical (unpaired) electrons. The van der Waals surface area contributed by atoms with Gasteiger partial charge in [-0.1, -0.05) is 85.4 Å². The summed E-state index contributed by atoms with van der Waals surface area (Å²) in [4.78, 5) is 23.8. The second kappa shape index (κ2) is 18.8. The Balaban J connectivity index is 1.26. The molecule has 0 N–H and O–H groups in total. The Morgan fingerprint density at radius 2 is 1.06 bits per heavy atom. The number of hydrogen-bond donors (Lipinski definition) is 0. The van der Waals surface area contributed by atoms with E-state index in [9.17, 15) is 4.79 Å². The van der Waals surface area contributed by atoms with Gasteiger partial charge in [0.15, 0.2) is 0 Å². The van der Waals surface area contributed by atoms with E-state index in [0.29, 0.717) is 31.8 Å². The van der Waals surface area contributed by atoms with Crippen LogP contribution >= 0.6 is 0 Å². The first-order valence-corrected chi connectivity index (χ1v) is 17.6. The predicted molar refractivity (Wildman–Crippen MR) is 207 cm³/mol. The van der Waals surface area contributed by atoms with Crippen LogP contribution in [0.5, 0.6) is 0 Å². The first-order valence-electron chi connectivity index (χ1n) is 17.6. The van der Waals surface area contributed by atoms with Crippen LogP contribution in [0.3, 0.4) is 0 Å². The van der Waals surface area contributed by atoms with E-state index in [4.69, 9.17) is 19.2 Å². The van der Waals surface area contributed by atoms with Crippen molar-refractivity contribution in [2.24, 2.45) is 0 Å². The van der Waals surface area contributed by atoms with E-state index in [2.05, 4.69) is 134 Å². The molecule has 0 saturated carbocycles. The molecule has 0 aromatic heterocycles. The zero-order valence-electron chi connectivity index (χ0n) is 30.3. The number of anilines is 3. The molecule has 0 fully saturated rings. The smallest absolute Gasteiger partial charge is 0.333 e. The summed E-state index contributed by atoms with van der Waals surface area (Å²) in [6.45, 7) is 9.01. The number of benzene rings is 5. The minimum atomic E-state index is -0.337. The van der Waals surface area contributed by atoms with Crippen molar-refractivity contribution in [2.45, 2.75) is 46.0 Å². The Labute approximate surface area is 303 Å². The van der Waals surface area contributed by atoms with E-state index in [0.717, 1.165) is 48.3 Å². The SMILES string of the molecule is C=C(C)C(=O)OCCc1ccc(CCc2ccc(-c3ccc(N(c4ccc(CCOC)cc4)c4ccc(CCOOC)c(C)c4)cc3)cc2)cc1. The molecule has 51 heavy (non-hydrogen) atoms. The van der Waals surface area contributed by atoms with E-state index >= 15 is 0 Å². The van der Waals surface area contributed by atoms with Crippen LogP contribution < -0.4 is 4.90 Å². The predicted octanol–water partition coefficient (Wildman–Crippen LogP) is 9.89. The Hall–Kier alpha value is -5.01. The van der Waals surface area contributed by atoms with Crippen LogP contribution in [0.4, 0.5) is 17.1 Å². The highest BCUT2D eigenvalue weighted by Gasteiger charge is 2.15. The van der Waals surface area contributed by atoms with Crippen molar-refractivity contribution in [3.8, 4) is 11.1 Å². The molecule has 6 nitrogen and oxygen atoms in total. The molecular formula is C45H49NO5. The number of nitrogens with zero attached hydrogens (tertiary/aromatic N) is 1. The maximum Gasteiger partial charge on any atom is 0.333 e. The molecule has 6 heteroatoms. The van der Waals surface area contributed by atoms with Gasteiger partial charge in [0.1, 0.15) is 0 Å². The van der Waals surface area contributed by atoms with Gasteiger partial charge in [-0.05, 0) is 120 Å². The van der Waals surface area contributed by atoms with Crippen LogP contribution in [-0.4, -0.2) is 40.0 Å². The molecule has 0 amide bonds. The molecule has 264 valence electrons. The fraction of sp³-hybridized carbons (Fsp3) is 0.267. The Morgan fingerprint density at radius 1 is 0.588 bits per heavy atom. The summed E-state index contributed by atoms with van der Waals surface area (Å²) in [5.41, 5.74) is 13.5. The number of methoxy groups -OCH3 is 1. The maximum absolute atomic E-state index is 11.6. The third-order valence-electron chi connectivity index (χ3n) is 9.06. The van der Waals surface area contributed by atoms with Crippen molar-refractivity contribution in [3.63, 3.8) is 0 Å². The molecule has 0 aliphatic heterocycles. The van der Waals surface area contributed by atoms with E-state index in [1.54, 1.807) is 14.0 Å². The Bertz CT molecular complexity index is 1850. The van der Waals surface area contributed by atoms with Crippen molar-refractivity contribution in [3.05, 3.63) is 161 Å². The molecule has 0 heterocycles. The van der Waals surface area contributed by atoms with Crippen LogP contribution in [0, 0.1) is 6.92 Å². The average molecular weight is 684 g/mol. The molecule has 0 atom stereocenters. The lowest BCUT2D eigenvalue weighted by Gasteiger charge is -2.27. The summed E-state index contributed by atoms with van der Waals surface area (Å²) < 4.78 is 10.5. The molecule has 0 bridgehead atoms. The van der Waals surface area contributed by atoms with Gasteiger partial charge < -0.3 is 14.4 Å². The van der Waals surface area contributed by atoms with E-state index in [1.807, 2.05) is 0 Å². The fourth-order valence-corrected chi connectivity index (χ4v) is 6.03. The van der Waals surface area contributed by atoms with Crippen molar-refractivity contribution >= 4 is 23.0 Å². The Kier molecular flexibility index (Phi) is 13.8. The summed E-state index contributed by atoms with van der Waals surface area (Å²) in [7, 11) is 3.27. The van der Waals surface area contributed by atoms with Gasteiger partial charge in [0, 0.05) is 36.2 Å². The lowest BCUT2D eigenvalue weighted by atomic mass is 9.99. The third-order valence-corrected chi connectivity index (χ3v) is 9.06. The third kappa shape index (κ3) is 10.7. The summed E-state index contributed by atoms with van der Waals surface area (Å²) in [6.07, 6.45) is 4.29. The van der Waals surface area contributed by atoms with Crippen LogP contribution in [-0.2, 0) is 56.1 Å². The highest BCUT2D eigenvalue weighted by molar-refractivity contribution is 5.87. The number of aryl methyl sites for hydroxylation is 3. The van der Waals surface area contributed by atoms with Crippen LogP contribution in [0.1, 0.15) is 40.3 Å². The van der Waals surface area contributed by atoms with Crippen molar-refractivity contribution < 1.29 is 24.0 Å². The van der Waals surface area contributed by atoms with Gasteiger partial charge in [-0.15, -0.1) is 0 Å². The van der Waals surface area contributed by atoms with Gasteiger partial charge in [-0.3, -0.25) is 0 Å². The second-order valence-corrected chi connectivity index (χ2v) is 12.8. The average Bonchev–Trinajstić information content (AvgIpc) is 3.15. The standard InChI is InChI=1S/C45H49NO5/c1-33(2)45(47)50-30-27-37-10-8-35(9-11-37)6-7-36-12-16-40(17-13-36)41-19-23-43(24-20-41)46(42-21-14-38(15-22-42)26-29-48-4)44-25-18-39(34(3)32-44)28-31-51-49-5/h8-25,32H,1,6-7,26-31H2,2-5H3. The van der Waals surface area contributed by atoms with Gasteiger partial charge in [0.25, 0.3) is 0 Å². The molecule has 5 rings (SSSR count). The van der Waals surface area contributed by atoms with Gasteiger partial charge in [-0.25, -0.2) is 14.6 Å². The molecule has 0 spiro atoms. The first kappa shape index (κ1) is 37.3. The minimum Gasteiger partial charge on any atom is -0.462 e. The number of rotatable bonds is 18. The highest BCUT2D eigenvalue weighted by atomic mass is 17.2. The van der Waals surface area contributed by atoms with Crippen LogP contribution in [0.25, 0.3) is 11.1 Å². The molecule has 0 unspecified atom stereocenters. The monoisotopic (exact) mass is 683 g/mol. The number of ether oxygens (including phenoxy) is 2. The molecule has 5 aromatic carbocycles. The summed E-state index contributed by atoms with van der Waals surface area (Å²) >= 11 is 0. The normalized spacial score (nSPS) is 11.0. The van der Waals surface area contributed by atoms with Crippen LogP contribution in [0.2, 0.25) is 0 Å². The van der Waals surface area contributed by atoms with Gasteiger partial charge >= 0.3 is 5.97 Å². The lowest BCUT2D eigenvalue weighted by Crippen LogP contribution is -2.11. The zero-order valence-corrected chi connectivity index (χ0v) is 30.3. The minimum absolute atomic E-state index is 0.337. The van der Waals surface area contributed by atoms with Crippen molar-refractivity contribution in [1.82, 2.24) is 0 Å². The van der Waals surface area contributed by atoms with Gasteiger partial charge in [0.2, 0.25) is 0 Å². The maximum atomic E-state index is 11.6. The second-order valence-electron chi connectivity index (χ2n) is 12.8. The van der Waals surface area contributed by atoms with Gasteiger partial charge in [0.05, 0.1) is 26.9 Å². The summed E-state index contributed by atoms with van der Waals surface area (Å²) in [5.74, 6) is -0.337. The number of esters is 1. The largest absolute Gasteiger partial charge is 0.462 e. The summed E-state index contributed by atoms with van der Waals surface area (Å²) in [5, 5.41) is 0. The number of carbonyl (C=O) groups is 1. The number of carbonyl (C=O) groups excluding carboxylic acids is 1. The fourth-order valence-electron chi connectivity index (χ4n) is 6.03. The van der Waals surface area contributed by atoms with E-state index in [-0.39, 0.29) is 5.97 Å². The molecule has 5 aromatic rings. The van der Waals surface area contributed by atoms with Gasteiger partial charge in [-0.2, -0.15) is 0 Å². The molecular weight excluding hydrogens is 634 g/mol. The van der Waals surface area contributed by atoms with Crippen LogP contribution in [0.15, 0.2) is 127 Å². The first-order chi connectivity index (χ1) is 24.8. The zero-order chi connectivity index (χ0) is 36.0. The van der Waals surface area contributed by atoms with Crippen molar-refractivity contribution in [1.29, 1.82) is 0 Å². The molecule has 0 aliphatic rings. The highest BCUT2D eigenvalue weighted by Crippen LogP contribution is 2.37. The van der Waals surface area contributed by atoms with E-state index < -0.39 is 0 Å². The topological polar surface area (TPSA) is 57.2 Å². The quantitative estimate of drug-likeness (QED) is 0.0301. The van der Waals surface area contributed by atoms with E-state index in [1.165, 1.54) is 46.1 Å². The molecule has 0 saturated heterocycles. The number of hydrogen-bond acceptors (Lipinski definition) is 6. The Morgan fingerprint density at radius 3 is 1.59 bits per heavy atom. The lowest BCUT2D eigenvalue weighted by molar-refractivity contribution is -0.271. The molecule has 0 aliphatic carbocycles.